The Morgan fingerprint density at radius 2 is 1.97 bits per heavy atom. The Kier molecular flexibility index (Phi) is 6.82. The van der Waals surface area contributed by atoms with Crippen LogP contribution in [0.4, 0.5) is 5.69 Å². The maximum atomic E-state index is 13.2. The second-order valence-electron chi connectivity index (χ2n) is 7.00. The van der Waals surface area contributed by atoms with E-state index in [2.05, 4.69) is 4.90 Å². The van der Waals surface area contributed by atoms with Gasteiger partial charge in [-0.2, -0.15) is 0 Å². The molecule has 0 N–H and O–H groups in total. The summed E-state index contributed by atoms with van der Waals surface area (Å²) in [6.07, 6.45) is 0.831. The van der Waals surface area contributed by atoms with E-state index in [-0.39, 0.29) is 0 Å². The molecule has 2 heterocycles. The number of morpholine rings is 1. The summed E-state index contributed by atoms with van der Waals surface area (Å²) >= 11 is 6.99. The zero-order valence-electron chi connectivity index (χ0n) is 16.5. The number of sulfonamides is 1. The zero-order chi connectivity index (χ0) is 21.0. The summed E-state index contributed by atoms with van der Waals surface area (Å²) in [4.78, 5) is 4.25. The third kappa shape index (κ3) is 4.74. The van der Waals surface area contributed by atoms with Gasteiger partial charge in [0, 0.05) is 36.3 Å². The van der Waals surface area contributed by atoms with Crippen LogP contribution in [0.2, 0.25) is 0 Å². The molecule has 0 spiro atoms. The standard InChI is InChI=1S/C21H24N2O4S3/c24-30(25,18-5-2-1-3-6-18)23-11-14-29-20-8-7-17(15-19(20)23)27-12-4-9-22-10-13-26-16-21(22)28/h1-3,5-8,15H,4,9-14,16H2. The maximum Gasteiger partial charge on any atom is 0.264 e. The fraction of sp³-hybridized carbons (Fsp3) is 0.381. The van der Waals surface area contributed by atoms with Gasteiger partial charge >= 0.3 is 0 Å². The Balaban J connectivity index is 1.44. The monoisotopic (exact) mass is 464 g/mol. The Morgan fingerprint density at radius 1 is 1.13 bits per heavy atom. The van der Waals surface area contributed by atoms with Crippen LogP contribution >= 0.6 is 24.0 Å². The molecule has 0 saturated carbocycles. The SMILES string of the molecule is O=S(=O)(c1ccccc1)N1CCSc2ccc(OCCCN3CCOCC3=S)cc21. The molecule has 2 aromatic carbocycles. The Bertz CT molecular complexity index is 999. The van der Waals surface area contributed by atoms with Crippen molar-refractivity contribution in [2.75, 3.05) is 49.5 Å². The molecule has 1 fully saturated rings. The van der Waals surface area contributed by atoms with Gasteiger partial charge in [0.25, 0.3) is 10.0 Å². The second-order valence-corrected chi connectivity index (χ2v) is 10.5. The fourth-order valence-electron chi connectivity index (χ4n) is 3.46. The van der Waals surface area contributed by atoms with Crippen LogP contribution < -0.4 is 9.04 Å². The van der Waals surface area contributed by atoms with Crippen molar-refractivity contribution in [3.05, 3.63) is 48.5 Å². The lowest BCUT2D eigenvalue weighted by Crippen LogP contribution is -2.41. The molecule has 0 aromatic heterocycles. The molecule has 0 bridgehead atoms. The summed E-state index contributed by atoms with van der Waals surface area (Å²) in [7, 11) is -3.61. The number of thiocarbonyl (C=S) groups is 1. The van der Waals surface area contributed by atoms with E-state index in [0.717, 1.165) is 35.1 Å². The number of benzene rings is 2. The summed E-state index contributed by atoms with van der Waals surface area (Å²) in [5, 5.41) is 0. The highest BCUT2D eigenvalue weighted by Crippen LogP contribution is 2.39. The number of hydrogen-bond donors (Lipinski definition) is 0. The first kappa shape index (κ1) is 21.4. The smallest absolute Gasteiger partial charge is 0.264 e. The van der Waals surface area contributed by atoms with Crippen LogP contribution in [-0.2, 0) is 14.8 Å². The van der Waals surface area contributed by atoms with Crippen LogP contribution in [0.1, 0.15) is 6.42 Å². The lowest BCUT2D eigenvalue weighted by atomic mass is 10.3. The number of hydrogen-bond acceptors (Lipinski definition) is 6. The van der Waals surface area contributed by atoms with Gasteiger partial charge in [0.15, 0.2) is 0 Å². The Labute approximate surface area is 187 Å². The summed E-state index contributed by atoms with van der Waals surface area (Å²) in [5.41, 5.74) is 0.682. The molecule has 2 aliphatic heterocycles. The zero-order valence-corrected chi connectivity index (χ0v) is 19.0. The third-order valence-electron chi connectivity index (χ3n) is 5.01. The number of ether oxygens (including phenoxy) is 2. The topological polar surface area (TPSA) is 59.1 Å². The van der Waals surface area contributed by atoms with E-state index in [9.17, 15) is 8.42 Å². The van der Waals surface area contributed by atoms with Gasteiger partial charge in [-0.15, -0.1) is 11.8 Å². The van der Waals surface area contributed by atoms with Gasteiger partial charge in [0.05, 0.1) is 30.4 Å². The lowest BCUT2D eigenvalue weighted by molar-refractivity contribution is 0.117. The molecule has 9 heteroatoms. The summed E-state index contributed by atoms with van der Waals surface area (Å²) in [6, 6.07) is 14.2. The van der Waals surface area contributed by atoms with Crippen molar-refractivity contribution in [1.29, 1.82) is 0 Å². The van der Waals surface area contributed by atoms with Crippen LogP contribution in [0.25, 0.3) is 0 Å². The minimum Gasteiger partial charge on any atom is -0.493 e. The van der Waals surface area contributed by atoms with Gasteiger partial charge in [-0.1, -0.05) is 30.4 Å². The van der Waals surface area contributed by atoms with Crippen molar-refractivity contribution in [3.8, 4) is 5.75 Å². The Morgan fingerprint density at radius 3 is 2.77 bits per heavy atom. The fourth-order valence-corrected chi connectivity index (χ4v) is 6.38. The number of nitrogens with zero attached hydrogens (tertiary/aromatic N) is 2. The molecule has 0 unspecified atom stereocenters. The highest BCUT2D eigenvalue weighted by atomic mass is 32.2. The van der Waals surface area contributed by atoms with Gasteiger partial charge in [0.1, 0.15) is 10.7 Å². The predicted octanol–water partition coefficient (Wildman–Crippen LogP) is 3.42. The van der Waals surface area contributed by atoms with Crippen LogP contribution in [-0.4, -0.2) is 63.5 Å². The van der Waals surface area contributed by atoms with E-state index in [1.165, 1.54) is 4.31 Å². The van der Waals surface area contributed by atoms with Gasteiger partial charge in [-0.3, -0.25) is 4.31 Å². The average Bonchev–Trinajstić information content (AvgIpc) is 2.78. The first-order valence-electron chi connectivity index (χ1n) is 9.89. The van der Waals surface area contributed by atoms with E-state index in [1.54, 1.807) is 36.0 Å². The van der Waals surface area contributed by atoms with Gasteiger partial charge in [-0.25, -0.2) is 8.42 Å². The molecule has 0 radical (unpaired) electrons. The van der Waals surface area contributed by atoms with E-state index in [0.29, 0.717) is 42.7 Å². The van der Waals surface area contributed by atoms with Crippen LogP contribution in [0, 0.1) is 0 Å². The molecule has 6 nitrogen and oxygen atoms in total. The normalized spacial score (nSPS) is 17.0. The van der Waals surface area contributed by atoms with Crippen LogP contribution in [0.3, 0.4) is 0 Å². The highest BCUT2D eigenvalue weighted by Gasteiger charge is 2.29. The molecular weight excluding hydrogens is 440 g/mol. The molecule has 2 aliphatic rings. The molecule has 0 amide bonds. The van der Waals surface area contributed by atoms with Crippen molar-refractivity contribution in [3.63, 3.8) is 0 Å². The van der Waals surface area contributed by atoms with Crippen molar-refractivity contribution >= 4 is 44.7 Å². The maximum absolute atomic E-state index is 13.2. The molecule has 2 aromatic rings. The molecule has 1 saturated heterocycles. The molecule has 0 aliphatic carbocycles. The van der Waals surface area contributed by atoms with E-state index in [4.69, 9.17) is 21.7 Å². The Hall–Kier alpha value is -1.81. The van der Waals surface area contributed by atoms with Crippen molar-refractivity contribution in [2.45, 2.75) is 16.2 Å². The number of rotatable bonds is 7. The molecule has 4 rings (SSSR count). The van der Waals surface area contributed by atoms with Crippen molar-refractivity contribution in [1.82, 2.24) is 4.90 Å². The quantitative estimate of drug-likeness (QED) is 0.460. The highest BCUT2D eigenvalue weighted by molar-refractivity contribution is 8.00. The first-order valence-corrected chi connectivity index (χ1v) is 12.7. The lowest BCUT2D eigenvalue weighted by Gasteiger charge is -2.30. The average molecular weight is 465 g/mol. The van der Waals surface area contributed by atoms with Gasteiger partial charge in [-0.05, 0) is 30.7 Å². The minimum absolute atomic E-state index is 0.302. The summed E-state index contributed by atoms with van der Waals surface area (Å²) in [6.45, 7) is 3.85. The van der Waals surface area contributed by atoms with E-state index in [1.807, 2.05) is 24.3 Å². The third-order valence-corrected chi connectivity index (χ3v) is 8.25. The number of anilines is 1. The van der Waals surface area contributed by atoms with Gasteiger partial charge in [0.2, 0.25) is 0 Å². The predicted molar refractivity (Wildman–Crippen MR) is 123 cm³/mol. The van der Waals surface area contributed by atoms with Gasteiger partial charge < -0.3 is 14.4 Å². The summed E-state index contributed by atoms with van der Waals surface area (Å²) in [5.74, 6) is 1.40. The minimum atomic E-state index is -3.61. The molecule has 160 valence electrons. The number of fused-ring (bicyclic) bond motifs is 1. The molecule has 30 heavy (non-hydrogen) atoms. The number of thioether (sulfide) groups is 1. The van der Waals surface area contributed by atoms with E-state index < -0.39 is 10.0 Å². The van der Waals surface area contributed by atoms with Crippen molar-refractivity contribution < 1.29 is 17.9 Å². The van der Waals surface area contributed by atoms with Crippen molar-refractivity contribution in [2.24, 2.45) is 0 Å². The largest absolute Gasteiger partial charge is 0.493 e. The van der Waals surface area contributed by atoms with Crippen LogP contribution in [0.5, 0.6) is 5.75 Å². The second kappa shape index (κ2) is 9.55. The first-order chi connectivity index (χ1) is 14.6. The molecule has 0 atom stereocenters. The summed E-state index contributed by atoms with van der Waals surface area (Å²) < 4.78 is 39.1. The van der Waals surface area contributed by atoms with E-state index >= 15 is 0 Å². The van der Waals surface area contributed by atoms with Crippen LogP contribution in [0.15, 0.2) is 58.3 Å². The molecular formula is C21H24N2O4S3.